The Labute approximate surface area is 166 Å². The maximum absolute atomic E-state index is 13.1. The van der Waals surface area contributed by atoms with Gasteiger partial charge < -0.3 is 9.80 Å². The Bertz CT molecular complexity index is 837. The van der Waals surface area contributed by atoms with Crippen LogP contribution in [0.1, 0.15) is 65.9 Å². The molecule has 0 saturated carbocycles. The number of hydrogen-bond acceptors (Lipinski definition) is 5. The van der Waals surface area contributed by atoms with Crippen LogP contribution in [0.4, 0.5) is 5.82 Å². The zero-order valence-corrected chi connectivity index (χ0v) is 17.0. The summed E-state index contributed by atoms with van der Waals surface area (Å²) in [4.78, 5) is 26.5. The second-order valence-corrected chi connectivity index (χ2v) is 7.86. The third-order valence-corrected chi connectivity index (χ3v) is 5.85. The lowest BCUT2D eigenvalue weighted by Crippen LogP contribution is -2.49. The van der Waals surface area contributed by atoms with Crippen LogP contribution in [0, 0.1) is 6.92 Å². The third kappa shape index (κ3) is 3.88. The molecule has 0 atom stereocenters. The molecule has 0 unspecified atom stereocenters. The molecule has 1 amide bonds. The van der Waals surface area contributed by atoms with Gasteiger partial charge in [0.05, 0.1) is 0 Å². The average Bonchev–Trinajstić information content (AvgIpc) is 3.08. The molecule has 2 aromatic heterocycles. The van der Waals surface area contributed by atoms with E-state index in [0.717, 1.165) is 61.7 Å². The fourth-order valence-electron chi connectivity index (χ4n) is 4.23. The van der Waals surface area contributed by atoms with E-state index in [2.05, 4.69) is 32.0 Å². The Morgan fingerprint density at radius 3 is 2.57 bits per heavy atom. The van der Waals surface area contributed by atoms with Crippen molar-refractivity contribution in [3.8, 4) is 0 Å². The van der Waals surface area contributed by atoms with Gasteiger partial charge in [-0.25, -0.2) is 9.97 Å². The van der Waals surface area contributed by atoms with Gasteiger partial charge in [0, 0.05) is 55.6 Å². The van der Waals surface area contributed by atoms with Crippen LogP contribution in [0.15, 0.2) is 6.07 Å². The van der Waals surface area contributed by atoms with Gasteiger partial charge in [-0.2, -0.15) is 5.10 Å². The van der Waals surface area contributed by atoms with Gasteiger partial charge in [-0.1, -0.05) is 19.8 Å². The molecule has 4 rings (SSSR count). The number of aromatic nitrogens is 4. The molecular formula is C21H30N6O. The van der Waals surface area contributed by atoms with Crippen LogP contribution in [0.5, 0.6) is 0 Å². The van der Waals surface area contributed by atoms with Crippen molar-refractivity contribution in [2.24, 2.45) is 0 Å². The lowest BCUT2D eigenvalue weighted by molar-refractivity contribution is 0.0739. The van der Waals surface area contributed by atoms with Gasteiger partial charge in [-0.15, -0.1) is 0 Å². The van der Waals surface area contributed by atoms with Crippen molar-refractivity contribution in [2.45, 2.75) is 58.8 Å². The van der Waals surface area contributed by atoms with E-state index in [1.165, 1.54) is 25.0 Å². The molecule has 150 valence electrons. The highest BCUT2D eigenvalue weighted by molar-refractivity contribution is 5.94. The molecule has 1 aliphatic heterocycles. The summed E-state index contributed by atoms with van der Waals surface area (Å²) in [5.41, 5.74) is 3.98. The molecule has 1 aliphatic carbocycles. The highest BCUT2D eigenvalue weighted by atomic mass is 16.2. The van der Waals surface area contributed by atoms with Crippen molar-refractivity contribution in [2.75, 3.05) is 31.1 Å². The number of aryl methyl sites for hydroxylation is 3. The first-order valence-corrected chi connectivity index (χ1v) is 10.6. The number of amides is 1. The standard InChI is InChI=1S/C21H30N6O/c1-3-18-22-15(2)14-19(23-18)26-10-12-27(13-11-26)21(28)20-16-8-6-4-5-7-9-17(16)24-25-20/h14H,3-13H2,1-2H3,(H,24,25). The molecule has 2 aromatic rings. The highest BCUT2D eigenvalue weighted by Crippen LogP contribution is 2.23. The molecular weight excluding hydrogens is 352 g/mol. The molecule has 0 bridgehead atoms. The van der Waals surface area contributed by atoms with Gasteiger partial charge in [0.25, 0.3) is 5.91 Å². The van der Waals surface area contributed by atoms with E-state index >= 15 is 0 Å². The summed E-state index contributed by atoms with van der Waals surface area (Å²) >= 11 is 0. The molecule has 7 heteroatoms. The molecule has 1 saturated heterocycles. The fourth-order valence-corrected chi connectivity index (χ4v) is 4.23. The maximum atomic E-state index is 13.1. The minimum Gasteiger partial charge on any atom is -0.353 e. The molecule has 2 aliphatic rings. The smallest absolute Gasteiger partial charge is 0.274 e. The largest absolute Gasteiger partial charge is 0.353 e. The van der Waals surface area contributed by atoms with Gasteiger partial charge in [0.2, 0.25) is 0 Å². The normalized spacial score (nSPS) is 17.8. The van der Waals surface area contributed by atoms with E-state index in [1.54, 1.807) is 0 Å². The van der Waals surface area contributed by atoms with E-state index < -0.39 is 0 Å². The Morgan fingerprint density at radius 1 is 1.07 bits per heavy atom. The van der Waals surface area contributed by atoms with Gasteiger partial charge in [0.15, 0.2) is 5.69 Å². The minimum atomic E-state index is 0.0749. The molecule has 28 heavy (non-hydrogen) atoms. The number of rotatable bonds is 3. The quantitative estimate of drug-likeness (QED) is 0.883. The van der Waals surface area contributed by atoms with Gasteiger partial charge >= 0.3 is 0 Å². The first-order valence-electron chi connectivity index (χ1n) is 10.6. The van der Waals surface area contributed by atoms with E-state index in [-0.39, 0.29) is 5.91 Å². The van der Waals surface area contributed by atoms with Crippen LogP contribution in [0.25, 0.3) is 0 Å². The monoisotopic (exact) mass is 382 g/mol. The molecule has 1 fully saturated rings. The van der Waals surface area contributed by atoms with E-state index in [4.69, 9.17) is 0 Å². The third-order valence-electron chi connectivity index (χ3n) is 5.85. The van der Waals surface area contributed by atoms with Crippen molar-refractivity contribution in [3.05, 3.63) is 34.5 Å². The maximum Gasteiger partial charge on any atom is 0.274 e. The van der Waals surface area contributed by atoms with Crippen LogP contribution in [0.2, 0.25) is 0 Å². The summed E-state index contributed by atoms with van der Waals surface area (Å²) < 4.78 is 0. The van der Waals surface area contributed by atoms with Crippen molar-refractivity contribution < 1.29 is 4.79 Å². The summed E-state index contributed by atoms with van der Waals surface area (Å²) in [6, 6.07) is 2.03. The van der Waals surface area contributed by atoms with Crippen molar-refractivity contribution in [1.82, 2.24) is 25.1 Å². The van der Waals surface area contributed by atoms with Gasteiger partial charge in [-0.3, -0.25) is 9.89 Å². The number of anilines is 1. The topological polar surface area (TPSA) is 78.0 Å². The van der Waals surface area contributed by atoms with E-state index in [1.807, 2.05) is 17.9 Å². The number of H-pyrrole nitrogens is 1. The first-order chi connectivity index (χ1) is 13.7. The second kappa shape index (κ2) is 8.29. The summed E-state index contributed by atoms with van der Waals surface area (Å²) in [7, 11) is 0. The lowest BCUT2D eigenvalue weighted by atomic mass is 9.96. The van der Waals surface area contributed by atoms with Crippen LogP contribution >= 0.6 is 0 Å². The Balaban J connectivity index is 1.44. The van der Waals surface area contributed by atoms with Crippen LogP contribution < -0.4 is 4.90 Å². The highest BCUT2D eigenvalue weighted by Gasteiger charge is 2.28. The summed E-state index contributed by atoms with van der Waals surface area (Å²) in [6.45, 7) is 7.06. The number of aromatic amines is 1. The van der Waals surface area contributed by atoms with Crippen LogP contribution in [-0.2, 0) is 19.3 Å². The predicted molar refractivity (Wildman–Crippen MR) is 109 cm³/mol. The Kier molecular flexibility index (Phi) is 5.59. The summed E-state index contributed by atoms with van der Waals surface area (Å²) in [5.74, 6) is 1.93. The molecule has 3 heterocycles. The fraction of sp³-hybridized carbons (Fsp3) is 0.619. The number of fused-ring (bicyclic) bond motifs is 1. The van der Waals surface area contributed by atoms with Crippen LogP contribution in [-0.4, -0.2) is 57.2 Å². The van der Waals surface area contributed by atoms with E-state index in [0.29, 0.717) is 18.8 Å². The molecule has 0 spiro atoms. The number of carbonyl (C=O) groups is 1. The predicted octanol–water partition coefficient (Wildman–Crippen LogP) is 2.69. The lowest BCUT2D eigenvalue weighted by Gasteiger charge is -2.35. The van der Waals surface area contributed by atoms with Crippen molar-refractivity contribution >= 4 is 11.7 Å². The molecule has 1 N–H and O–H groups in total. The average molecular weight is 383 g/mol. The van der Waals surface area contributed by atoms with Crippen molar-refractivity contribution in [3.63, 3.8) is 0 Å². The van der Waals surface area contributed by atoms with Crippen molar-refractivity contribution in [1.29, 1.82) is 0 Å². The summed E-state index contributed by atoms with van der Waals surface area (Å²) in [6.07, 6.45) is 7.65. The number of carbonyl (C=O) groups excluding carboxylic acids is 1. The number of nitrogens with one attached hydrogen (secondary N) is 1. The molecule has 7 nitrogen and oxygen atoms in total. The van der Waals surface area contributed by atoms with Gasteiger partial charge in [-0.05, 0) is 32.6 Å². The molecule has 0 aromatic carbocycles. The Hall–Kier alpha value is -2.44. The summed E-state index contributed by atoms with van der Waals surface area (Å²) in [5, 5.41) is 7.56. The minimum absolute atomic E-state index is 0.0749. The number of hydrogen-bond donors (Lipinski definition) is 1. The zero-order chi connectivity index (χ0) is 19.5. The zero-order valence-electron chi connectivity index (χ0n) is 17.0. The number of nitrogens with zero attached hydrogens (tertiary/aromatic N) is 5. The first kappa shape index (κ1) is 18.9. The van der Waals surface area contributed by atoms with Crippen LogP contribution in [0.3, 0.4) is 0 Å². The molecule has 0 radical (unpaired) electrons. The Morgan fingerprint density at radius 2 is 1.82 bits per heavy atom. The van der Waals surface area contributed by atoms with E-state index in [9.17, 15) is 4.79 Å². The second-order valence-electron chi connectivity index (χ2n) is 7.86. The van der Waals surface area contributed by atoms with Gasteiger partial charge in [0.1, 0.15) is 11.6 Å². The SMILES string of the molecule is CCc1nc(C)cc(N2CCN(C(=O)c3n[nH]c4c3CCCCCC4)CC2)n1. The number of piperazine rings is 1.